The summed E-state index contributed by atoms with van der Waals surface area (Å²) in [5.41, 5.74) is 6.18. The molecule has 0 bridgehead atoms. The predicted molar refractivity (Wildman–Crippen MR) is 97.7 cm³/mol. The van der Waals surface area contributed by atoms with E-state index in [0.29, 0.717) is 16.6 Å². The molecule has 24 heavy (non-hydrogen) atoms. The van der Waals surface area contributed by atoms with E-state index in [-0.39, 0.29) is 5.92 Å². The second-order valence-corrected chi connectivity index (χ2v) is 6.56. The second kappa shape index (κ2) is 6.08. The molecule has 0 saturated carbocycles. The number of aromatic nitrogens is 1. The number of aryl methyl sites for hydroxylation is 2. The number of nitrogens with zero attached hydrogens (tertiary/aromatic N) is 1. The van der Waals surface area contributed by atoms with Crippen LogP contribution in [-0.2, 0) is 0 Å². The number of carboxylic acid groups (broad SMARTS) is 1. The molecular formula is C21H21NO2. The van der Waals surface area contributed by atoms with Crippen molar-refractivity contribution in [2.24, 2.45) is 0 Å². The van der Waals surface area contributed by atoms with Gasteiger partial charge in [0.2, 0.25) is 0 Å². The van der Waals surface area contributed by atoms with Crippen molar-refractivity contribution in [1.82, 2.24) is 4.98 Å². The van der Waals surface area contributed by atoms with Gasteiger partial charge in [-0.3, -0.25) is 0 Å². The lowest BCUT2D eigenvalue weighted by molar-refractivity contribution is 0.0699. The van der Waals surface area contributed by atoms with Crippen LogP contribution in [-0.4, -0.2) is 16.1 Å². The lowest BCUT2D eigenvalue weighted by Crippen LogP contribution is -2.02. The number of fused-ring (bicyclic) bond motifs is 1. The monoisotopic (exact) mass is 319 g/mol. The smallest absolute Gasteiger partial charge is 0.336 e. The molecule has 0 aliphatic rings. The highest BCUT2D eigenvalue weighted by molar-refractivity contribution is 6.04. The van der Waals surface area contributed by atoms with Crippen LogP contribution in [0.4, 0.5) is 0 Å². The van der Waals surface area contributed by atoms with Crippen molar-refractivity contribution >= 4 is 16.9 Å². The summed E-state index contributed by atoms with van der Waals surface area (Å²) in [4.78, 5) is 16.6. The normalized spacial score (nSPS) is 11.2. The molecule has 1 heterocycles. The Balaban J connectivity index is 2.35. The van der Waals surface area contributed by atoms with E-state index in [2.05, 4.69) is 33.8 Å². The van der Waals surface area contributed by atoms with Crippen molar-refractivity contribution in [1.29, 1.82) is 0 Å². The maximum Gasteiger partial charge on any atom is 0.336 e. The predicted octanol–water partition coefficient (Wildman–Crippen LogP) is 5.34. The highest BCUT2D eigenvalue weighted by Crippen LogP contribution is 2.30. The molecule has 3 heteroatoms. The van der Waals surface area contributed by atoms with Gasteiger partial charge < -0.3 is 5.11 Å². The Morgan fingerprint density at radius 3 is 2.42 bits per heavy atom. The van der Waals surface area contributed by atoms with E-state index in [0.717, 1.165) is 16.6 Å². The maximum atomic E-state index is 11.8. The molecule has 3 nitrogen and oxygen atoms in total. The summed E-state index contributed by atoms with van der Waals surface area (Å²) < 4.78 is 0. The number of carbonyl (C=O) groups is 1. The van der Waals surface area contributed by atoms with Crippen LogP contribution < -0.4 is 0 Å². The summed E-state index contributed by atoms with van der Waals surface area (Å²) in [6, 6.07) is 13.6. The third-order valence-corrected chi connectivity index (χ3v) is 4.53. The van der Waals surface area contributed by atoms with Crippen molar-refractivity contribution in [3.8, 4) is 11.3 Å². The van der Waals surface area contributed by atoms with E-state index in [4.69, 9.17) is 4.98 Å². The van der Waals surface area contributed by atoms with Crippen molar-refractivity contribution in [2.75, 3.05) is 0 Å². The van der Waals surface area contributed by atoms with Gasteiger partial charge in [0.05, 0.1) is 16.8 Å². The Hall–Kier alpha value is -2.68. The largest absolute Gasteiger partial charge is 0.478 e. The van der Waals surface area contributed by atoms with Crippen LogP contribution in [0.5, 0.6) is 0 Å². The average molecular weight is 319 g/mol. The zero-order chi connectivity index (χ0) is 17.4. The van der Waals surface area contributed by atoms with Gasteiger partial charge in [0.15, 0.2) is 0 Å². The maximum absolute atomic E-state index is 11.8. The Morgan fingerprint density at radius 1 is 1.04 bits per heavy atom. The van der Waals surface area contributed by atoms with E-state index in [1.807, 2.05) is 30.3 Å². The number of para-hydroxylation sites is 1. The van der Waals surface area contributed by atoms with E-state index in [1.165, 1.54) is 11.1 Å². The molecule has 0 aliphatic carbocycles. The Labute approximate surface area is 142 Å². The molecule has 0 amide bonds. The van der Waals surface area contributed by atoms with Crippen LogP contribution in [0.2, 0.25) is 0 Å². The fourth-order valence-electron chi connectivity index (χ4n) is 2.96. The van der Waals surface area contributed by atoms with Gasteiger partial charge >= 0.3 is 5.97 Å². The molecule has 3 rings (SSSR count). The van der Waals surface area contributed by atoms with Crippen molar-refractivity contribution in [3.05, 3.63) is 64.7 Å². The van der Waals surface area contributed by atoms with Crippen LogP contribution in [0.3, 0.4) is 0 Å². The fourth-order valence-corrected chi connectivity index (χ4v) is 2.96. The zero-order valence-corrected chi connectivity index (χ0v) is 14.4. The first-order valence-electron chi connectivity index (χ1n) is 8.13. The second-order valence-electron chi connectivity index (χ2n) is 6.56. The van der Waals surface area contributed by atoms with E-state index >= 15 is 0 Å². The number of benzene rings is 2. The molecule has 3 aromatic rings. The minimum Gasteiger partial charge on any atom is -0.478 e. The number of hydrogen-bond acceptors (Lipinski definition) is 2. The molecular weight excluding hydrogens is 298 g/mol. The van der Waals surface area contributed by atoms with Crippen molar-refractivity contribution in [3.63, 3.8) is 0 Å². The Kier molecular flexibility index (Phi) is 4.10. The van der Waals surface area contributed by atoms with E-state index < -0.39 is 5.97 Å². The van der Waals surface area contributed by atoms with Gasteiger partial charge in [-0.15, -0.1) is 0 Å². The number of aromatic carboxylic acids is 1. The van der Waals surface area contributed by atoms with E-state index in [1.54, 1.807) is 6.07 Å². The number of carboxylic acids is 1. The minimum atomic E-state index is -0.923. The summed E-state index contributed by atoms with van der Waals surface area (Å²) in [6.45, 7) is 8.31. The van der Waals surface area contributed by atoms with Crippen LogP contribution >= 0.6 is 0 Å². The minimum absolute atomic E-state index is 0.276. The van der Waals surface area contributed by atoms with Gasteiger partial charge in [-0.25, -0.2) is 9.78 Å². The van der Waals surface area contributed by atoms with Gasteiger partial charge in [0, 0.05) is 10.9 Å². The van der Waals surface area contributed by atoms with Crippen LogP contribution in [0, 0.1) is 13.8 Å². The fraction of sp³-hybridized carbons (Fsp3) is 0.238. The molecule has 2 aromatic carbocycles. The lowest BCUT2D eigenvalue weighted by Gasteiger charge is -2.13. The Morgan fingerprint density at radius 2 is 1.79 bits per heavy atom. The summed E-state index contributed by atoms with van der Waals surface area (Å²) >= 11 is 0. The van der Waals surface area contributed by atoms with Gasteiger partial charge in [0.25, 0.3) is 0 Å². The topological polar surface area (TPSA) is 50.2 Å². The molecule has 0 radical (unpaired) electrons. The molecule has 0 atom stereocenters. The van der Waals surface area contributed by atoms with Crippen LogP contribution in [0.25, 0.3) is 22.2 Å². The molecule has 0 spiro atoms. The highest BCUT2D eigenvalue weighted by Gasteiger charge is 2.16. The summed E-state index contributed by atoms with van der Waals surface area (Å²) in [5.74, 6) is -0.647. The van der Waals surface area contributed by atoms with E-state index in [9.17, 15) is 9.90 Å². The Bertz CT molecular complexity index is 942. The molecule has 0 fully saturated rings. The van der Waals surface area contributed by atoms with Gasteiger partial charge in [-0.2, -0.15) is 0 Å². The van der Waals surface area contributed by atoms with Crippen molar-refractivity contribution in [2.45, 2.75) is 33.6 Å². The third-order valence-electron chi connectivity index (χ3n) is 4.53. The van der Waals surface area contributed by atoms with Crippen molar-refractivity contribution < 1.29 is 9.90 Å². The van der Waals surface area contributed by atoms with Gasteiger partial charge in [0.1, 0.15) is 0 Å². The van der Waals surface area contributed by atoms with Gasteiger partial charge in [-0.05, 0) is 48.6 Å². The number of hydrogen-bond donors (Lipinski definition) is 1. The van der Waals surface area contributed by atoms with Gasteiger partial charge in [-0.1, -0.05) is 44.2 Å². The molecule has 1 aromatic heterocycles. The summed E-state index contributed by atoms with van der Waals surface area (Å²) in [7, 11) is 0. The molecule has 1 N–H and O–H groups in total. The highest BCUT2D eigenvalue weighted by atomic mass is 16.4. The van der Waals surface area contributed by atoms with Crippen LogP contribution in [0.15, 0.2) is 42.5 Å². The first-order chi connectivity index (χ1) is 11.4. The number of rotatable bonds is 3. The standard InChI is InChI=1S/C21H21NO2/c1-12(2)16-6-5-7-17-18(21(23)24)11-19(22-20(16)17)15-9-8-13(3)14(4)10-15/h5-12H,1-4H3,(H,23,24). The summed E-state index contributed by atoms with van der Waals surface area (Å²) in [5, 5.41) is 10.4. The SMILES string of the molecule is Cc1ccc(-c2cc(C(=O)O)c3cccc(C(C)C)c3n2)cc1C. The quantitative estimate of drug-likeness (QED) is 0.709. The first-order valence-corrected chi connectivity index (χ1v) is 8.13. The first kappa shape index (κ1) is 16.2. The molecule has 122 valence electrons. The zero-order valence-electron chi connectivity index (χ0n) is 14.4. The lowest BCUT2D eigenvalue weighted by atomic mass is 9.95. The average Bonchev–Trinajstić information content (AvgIpc) is 2.55. The third kappa shape index (κ3) is 2.78. The summed E-state index contributed by atoms with van der Waals surface area (Å²) in [6.07, 6.45) is 0. The molecule has 0 saturated heterocycles. The number of pyridine rings is 1. The molecule has 0 aliphatic heterocycles. The molecule has 0 unspecified atom stereocenters. The van der Waals surface area contributed by atoms with Crippen LogP contribution in [0.1, 0.15) is 46.8 Å².